The molecule has 1 aromatic rings. The Morgan fingerprint density at radius 1 is 1.33 bits per heavy atom. The van der Waals surface area contributed by atoms with E-state index in [1.807, 2.05) is 6.92 Å². The van der Waals surface area contributed by atoms with Crippen molar-refractivity contribution in [1.29, 1.82) is 0 Å². The minimum absolute atomic E-state index is 0.00463. The Morgan fingerprint density at radius 3 is 2.62 bits per heavy atom. The molecule has 116 valence electrons. The summed E-state index contributed by atoms with van der Waals surface area (Å²) in [6.45, 7) is 6.35. The predicted octanol–water partition coefficient (Wildman–Crippen LogP) is 2.08. The molecule has 0 saturated heterocycles. The molecule has 0 saturated carbocycles. The van der Waals surface area contributed by atoms with Crippen LogP contribution in [0.4, 0.5) is 0 Å². The second kappa shape index (κ2) is 8.14. The van der Waals surface area contributed by atoms with E-state index in [-0.39, 0.29) is 17.2 Å². The highest BCUT2D eigenvalue weighted by Crippen LogP contribution is 2.26. The first-order chi connectivity index (χ1) is 9.99. The summed E-state index contributed by atoms with van der Waals surface area (Å²) in [5.41, 5.74) is -0.00463. The van der Waals surface area contributed by atoms with Gasteiger partial charge in [-0.05, 0) is 32.4 Å². The van der Waals surface area contributed by atoms with Gasteiger partial charge in [0, 0.05) is 12.6 Å². The van der Waals surface area contributed by atoms with Crippen molar-refractivity contribution in [2.75, 3.05) is 13.2 Å². The zero-order valence-electron chi connectivity index (χ0n) is 12.5. The Kier molecular flexibility index (Phi) is 6.52. The highest BCUT2D eigenvalue weighted by atomic mass is 16.5. The van der Waals surface area contributed by atoms with E-state index in [1.54, 1.807) is 19.9 Å². The first-order valence-electron chi connectivity index (χ1n) is 6.94. The summed E-state index contributed by atoms with van der Waals surface area (Å²) < 4.78 is 10.9. The van der Waals surface area contributed by atoms with Crippen LogP contribution in [0.25, 0.3) is 0 Å². The number of ether oxygens (including phenoxy) is 2. The number of carboxylic acid groups (broad SMARTS) is 1. The van der Waals surface area contributed by atoms with Gasteiger partial charge in [0.05, 0.1) is 6.61 Å². The standard InChI is InChI=1S/C15H21NO5/c1-4-8-20-11-6-7-12(15(18)19)13(9-11)21-10(3)14(17)16-5-2/h6-7,9-10H,4-5,8H2,1-3H3,(H,16,17)(H,18,19). The molecule has 21 heavy (non-hydrogen) atoms. The lowest BCUT2D eigenvalue weighted by Gasteiger charge is -2.16. The summed E-state index contributed by atoms with van der Waals surface area (Å²) in [5, 5.41) is 11.8. The normalized spacial score (nSPS) is 11.6. The van der Waals surface area contributed by atoms with Gasteiger partial charge in [-0.1, -0.05) is 6.92 Å². The zero-order chi connectivity index (χ0) is 15.8. The van der Waals surface area contributed by atoms with E-state index in [0.29, 0.717) is 18.9 Å². The van der Waals surface area contributed by atoms with E-state index < -0.39 is 12.1 Å². The van der Waals surface area contributed by atoms with Crippen molar-refractivity contribution in [2.45, 2.75) is 33.3 Å². The number of rotatable bonds is 8. The third-order valence-electron chi connectivity index (χ3n) is 2.68. The maximum atomic E-state index is 11.7. The van der Waals surface area contributed by atoms with Gasteiger partial charge in [0.1, 0.15) is 17.1 Å². The van der Waals surface area contributed by atoms with Gasteiger partial charge >= 0.3 is 5.97 Å². The Labute approximate surface area is 124 Å². The topological polar surface area (TPSA) is 84.9 Å². The minimum Gasteiger partial charge on any atom is -0.493 e. The second-order valence-corrected chi connectivity index (χ2v) is 4.47. The average molecular weight is 295 g/mol. The molecule has 1 rings (SSSR count). The molecule has 0 radical (unpaired) electrons. The molecule has 0 heterocycles. The molecule has 0 spiro atoms. The van der Waals surface area contributed by atoms with Crippen LogP contribution < -0.4 is 14.8 Å². The van der Waals surface area contributed by atoms with Crippen LogP contribution >= 0.6 is 0 Å². The number of carbonyl (C=O) groups excluding carboxylic acids is 1. The fraction of sp³-hybridized carbons (Fsp3) is 0.467. The van der Waals surface area contributed by atoms with Crippen LogP contribution in [0.15, 0.2) is 18.2 Å². The number of aromatic carboxylic acids is 1. The maximum Gasteiger partial charge on any atom is 0.339 e. The number of amides is 1. The molecule has 1 amide bonds. The van der Waals surface area contributed by atoms with Crippen molar-refractivity contribution < 1.29 is 24.2 Å². The number of carboxylic acids is 1. The molecule has 2 N–H and O–H groups in total. The highest BCUT2D eigenvalue weighted by molar-refractivity contribution is 5.91. The van der Waals surface area contributed by atoms with Gasteiger partial charge in [0.2, 0.25) is 0 Å². The van der Waals surface area contributed by atoms with Gasteiger partial charge < -0.3 is 19.9 Å². The molecule has 1 atom stereocenters. The monoisotopic (exact) mass is 295 g/mol. The second-order valence-electron chi connectivity index (χ2n) is 4.47. The van der Waals surface area contributed by atoms with Gasteiger partial charge in [-0.3, -0.25) is 4.79 Å². The van der Waals surface area contributed by atoms with E-state index in [1.165, 1.54) is 12.1 Å². The first kappa shape index (κ1) is 16.8. The van der Waals surface area contributed by atoms with E-state index in [9.17, 15) is 9.59 Å². The van der Waals surface area contributed by atoms with Crippen LogP contribution in [0.2, 0.25) is 0 Å². The largest absolute Gasteiger partial charge is 0.493 e. The predicted molar refractivity (Wildman–Crippen MR) is 78.0 cm³/mol. The quantitative estimate of drug-likeness (QED) is 0.767. The van der Waals surface area contributed by atoms with Crippen LogP contribution in [0, 0.1) is 0 Å². The fourth-order valence-corrected chi connectivity index (χ4v) is 1.65. The van der Waals surface area contributed by atoms with E-state index in [4.69, 9.17) is 14.6 Å². The summed E-state index contributed by atoms with van der Waals surface area (Å²) in [4.78, 5) is 22.9. The fourth-order valence-electron chi connectivity index (χ4n) is 1.65. The summed E-state index contributed by atoms with van der Waals surface area (Å²) in [5.74, 6) is -0.779. The number of likely N-dealkylation sites (N-methyl/N-ethyl adjacent to an activating group) is 1. The number of hydrogen-bond donors (Lipinski definition) is 2. The molecule has 6 nitrogen and oxygen atoms in total. The average Bonchev–Trinajstić information content (AvgIpc) is 2.45. The third-order valence-corrected chi connectivity index (χ3v) is 2.68. The van der Waals surface area contributed by atoms with Crippen LogP contribution in [-0.2, 0) is 4.79 Å². The Bertz CT molecular complexity index is 501. The lowest BCUT2D eigenvalue weighted by atomic mass is 10.2. The van der Waals surface area contributed by atoms with Crippen molar-refractivity contribution in [1.82, 2.24) is 5.32 Å². The molecule has 0 aliphatic rings. The molecule has 1 unspecified atom stereocenters. The van der Waals surface area contributed by atoms with Crippen LogP contribution in [0.5, 0.6) is 11.5 Å². The molecule has 0 aliphatic carbocycles. The van der Waals surface area contributed by atoms with Crippen LogP contribution in [-0.4, -0.2) is 36.2 Å². The lowest BCUT2D eigenvalue weighted by Crippen LogP contribution is -2.36. The minimum atomic E-state index is -1.12. The number of nitrogens with one attached hydrogen (secondary N) is 1. The highest BCUT2D eigenvalue weighted by Gasteiger charge is 2.19. The van der Waals surface area contributed by atoms with Crippen LogP contribution in [0.1, 0.15) is 37.6 Å². The number of carbonyl (C=O) groups is 2. The SMILES string of the molecule is CCCOc1ccc(C(=O)O)c(OC(C)C(=O)NCC)c1. The number of hydrogen-bond acceptors (Lipinski definition) is 4. The van der Waals surface area contributed by atoms with Crippen molar-refractivity contribution in [3.8, 4) is 11.5 Å². The maximum absolute atomic E-state index is 11.7. The smallest absolute Gasteiger partial charge is 0.339 e. The van der Waals surface area contributed by atoms with Gasteiger partial charge in [-0.2, -0.15) is 0 Å². The summed E-state index contributed by atoms with van der Waals surface area (Å²) >= 11 is 0. The lowest BCUT2D eigenvalue weighted by molar-refractivity contribution is -0.127. The Balaban J connectivity index is 2.95. The molecule has 0 aliphatic heterocycles. The van der Waals surface area contributed by atoms with Crippen molar-refractivity contribution in [3.63, 3.8) is 0 Å². The van der Waals surface area contributed by atoms with Crippen molar-refractivity contribution in [2.24, 2.45) is 0 Å². The third kappa shape index (κ3) is 4.98. The molecular formula is C15H21NO5. The van der Waals surface area contributed by atoms with E-state index in [0.717, 1.165) is 6.42 Å². The number of benzene rings is 1. The summed E-state index contributed by atoms with van der Waals surface area (Å²) in [7, 11) is 0. The first-order valence-corrected chi connectivity index (χ1v) is 6.94. The van der Waals surface area contributed by atoms with Gasteiger partial charge in [0.25, 0.3) is 5.91 Å². The summed E-state index contributed by atoms with van der Waals surface area (Å²) in [6.07, 6.45) is 0.0519. The van der Waals surface area contributed by atoms with Gasteiger partial charge in [-0.25, -0.2) is 4.79 Å². The molecule has 0 aromatic heterocycles. The Hall–Kier alpha value is -2.24. The molecule has 0 bridgehead atoms. The van der Waals surface area contributed by atoms with E-state index in [2.05, 4.69) is 5.32 Å². The van der Waals surface area contributed by atoms with Crippen LogP contribution in [0.3, 0.4) is 0 Å². The van der Waals surface area contributed by atoms with Crippen molar-refractivity contribution >= 4 is 11.9 Å². The van der Waals surface area contributed by atoms with Crippen molar-refractivity contribution in [3.05, 3.63) is 23.8 Å². The Morgan fingerprint density at radius 2 is 2.05 bits per heavy atom. The molecule has 0 fully saturated rings. The van der Waals surface area contributed by atoms with Gasteiger partial charge in [0.15, 0.2) is 6.10 Å². The zero-order valence-corrected chi connectivity index (χ0v) is 12.5. The molecule has 1 aromatic carbocycles. The molecular weight excluding hydrogens is 274 g/mol. The van der Waals surface area contributed by atoms with Gasteiger partial charge in [-0.15, -0.1) is 0 Å². The summed E-state index contributed by atoms with van der Waals surface area (Å²) in [6, 6.07) is 4.48. The van der Waals surface area contributed by atoms with E-state index >= 15 is 0 Å². The molecule has 6 heteroatoms.